The summed E-state index contributed by atoms with van der Waals surface area (Å²) in [5, 5.41) is 0.865. The number of carbonyl (C=O) groups excluding carboxylic acids is 1. The van der Waals surface area contributed by atoms with Crippen LogP contribution in [0, 0.1) is 5.82 Å². The summed E-state index contributed by atoms with van der Waals surface area (Å²) in [6.45, 7) is 0. The maximum absolute atomic E-state index is 13.1. The monoisotopic (exact) mass is 317 g/mol. The molecule has 0 saturated carbocycles. The van der Waals surface area contributed by atoms with Crippen LogP contribution in [0.5, 0.6) is 0 Å². The van der Waals surface area contributed by atoms with Gasteiger partial charge in [0.15, 0.2) is 5.78 Å². The molecule has 0 unspecified atom stereocenters. The first-order valence-corrected chi connectivity index (χ1v) is 6.52. The van der Waals surface area contributed by atoms with E-state index in [2.05, 4.69) is 20.9 Å². The highest BCUT2D eigenvalue weighted by atomic mass is 79.9. The molecule has 1 N–H and O–H groups in total. The van der Waals surface area contributed by atoms with Gasteiger partial charge in [0.2, 0.25) is 0 Å². The maximum Gasteiger partial charge on any atom is 0.196 e. The Labute approximate surface area is 117 Å². The van der Waals surface area contributed by atoms with Crippen molar-refractivity contribution in [1.29, 1.82) is 0 Å². The summed E-state index contributed by atoms with van der Waals surface area (Å²) in [7, 11) is 0. The van der Waals surface area contributed by atoms with Crippen molar-refractivity contribution in [3.05, 3.63) is 70.1 Å². The zero-order valence-corrected chi connectivity index (χ0v) is 11.4. The molecule has 0 saturated heterocycles. The lowest BCUT2D eigenvalue weighted by Gasteiger charge is -2.03. The molecule has 0 aliphatic rings. The van der Waals surface area contributed by atoms with E-state index >= 15 is 0 Å². The second-order valence-corrected chi connectivity index (χ2v) is 5.06. The van der Waals surface area contributed by atoms with Crippen LogP contribution < -0.4 is 0 Å². The lowest BCUT2D eigenvalue weighted by Crippen LogP contribution is -2.01. The molecule has 0 radical (unpaired) electrons. The molecule has 4 heteroatoms. The summed E-state index contributed by atoms with van der Waals surface area (Å²) in [5.41, 5.74) is 1.94. The summed E-state index contributed by atoms with van der Waals surface area (Å²) in [5.74, 6) is -0.508. The Morgan fingerprint density at radius 3 is 2.68 bits per heavy atom. The number of nitrogens with one attached hydrogen (secondary N) is 1. The first kappa shape index (κ1) is 12.1. The Kier molecular flexibility index (Phi) is 2.95. The maximum atomic E-state index is 13.1. The molecular weight excluding hydrogens is 309 g/mol. The van der Waals surface area contributed by atoms with Crippen LogP contribution in [0.3, 0.4) is 0 Å². The van der Waals surface area contributed by atoms with Crippen LogP contribution in [-0.4, -0.2) is 10.8 Å². The first-order chi connectivity index (χ1) is 9.16. The molecule has 1 aromatic heterocycles. The third kappa shape index (κ3) is 2.08. The number of aromatic amines is 1. The molecule has 0 bridgehead atoms. The standard InChI is InChI=1S/C15H9BrFNO/c16-13-7-9(17)5-6-11(13)15(19)12-8-18-14-4-2-1-3-10(12)14/h1-8,18H. The summed E-state index contributed by atoms with van der Waals surface area (Å²) in [4.78, 5) is 15.5. The number of carbonyl (C=O) groups is 1. The van der Waals surface area contributed by atoms with Crippen molar-refractivity contribution in [1.82, 2.24) is 4.98 Å². The third-order valence-corrected chi connectivity index (χ3v) is 3.67. The first-order valence-electron chi connectivity index (χ1n) is 5.72. The van der Waals surface area contributed by atoms with Crippen molar-refractivity contribution in [2.45, 2.75) is 0 Å². The van der Waals surface area contributed by atoms with Gasteiger partial charge in [-0.25, -0.2) is 4.39 Å². The fourth-order valence-electron chi connectivity index (χ4n) is 2.08. The van der Waals surface area contributed by atoms with Crippen LogP contribution in [-0.2, 0) is 0 Å². The van der Waals surface area contributed by atoms with Crippen molar-refractivity contribution < 1.29 is 9.18 Å². The molecule has 2 nitrogen and oxygen atoms in total. The normalized spacial score (nSPS) is 10.8. The SMILES string of the molecule is O=C(c1ccc(F)cc1Br)c1c[nH]c2ccccc12. The van der Waals surface area contributed by atoms with Gasteiger partial charge in [0, 0.05) is 32.7 Å². The van der Waals surface area contributed by atoms with Gasteiger partial charge >= 0.3 is 0 Å². The third-order valence-electron chi connectivity index (χ3n) is 3.01. The Balaban J connectivity index is 2.13. The second kappa shape index (κ2) is 4.63. The highest BCUT2D eigenvalue weighted by Crippen LogP contribution is 2.25. The number of halogens is 2. The Morgan fingerprint density at radius 2 is 1.89 bits per heavy atom. The highest BCUT2D eigenvalue weighted by molar-refractivity contribution is 9.10. The average molecular weight is 318 g/mol. The topological polar surface area (TPSA) is 32.9 Å². The lowest BCUT2D eigenvalue weighted by atomic mass is 10.0. The molecule has 0 amide bonds. The van der Waals surface area contributed by atoms with Gasteiger partial charge < -0.3 is 4.98 Å². The van der Waals surface area contributed by atoms with Gasteiger partial charge in [0.05, 0.1) is 0 Å². The van der Waals surface area contributed by atoms with Crippen LogP contribution in [0.2, 0.25) is 0 Å². The van der Waals surface area contributed by atoms with E-state index in [1.54, 1.807) is 6.20 Å². The molecular formula is C15H9BrFNO. The smallest absolute Gasteiger partial charge is 0.196 e. The van der Waals surface area contributed by atoms with E-state index in [1.165, 1.54) is 18.2 Å². The Bertz CT molecular complexity index is 779. The van der Waals surface area contributed by atoms with Crippen LogP contribution in [0.15, 0.2) is 53.1 Å². The fraction of sp³-hybridized carbons (Fsp3) is 0. The molecule has 3 rings (SSSR count). The number of fused-ring (bicyclic) bond motifs is 1. The number of hydrogen-bond acceptors (Lipinski definition) is 1. The summed E-state index contributed by atoms with van der Waals surface area (Å²) < 4.78 is 13.5. The minimum Gasteiger partial charge on any atom is -0.360 e. The van der Waals surface area contributed by atoms with Crippen molar-refractivity contribution in [2.24, 2.45) is 0 Å². The number of H-pyrrole nitrogens is 1. The van der Waals surface area contributed by atoms with Crippen molar-refractivity contribution in [3.8, 4) is 0 Å². The highest BCUT2D eigenvalue weighted by Gasteiger charge is 2.16. The second-order valence-electron chi connectivity index (χ2n) is 4.20. The van der Waals surface area contributed by atoms with Crippen LogP contribution in [0.4, 0.5) is 4.39 Å². The van der Waals surface area contributed by atoms with E-state index in [-0.39, 0.29) is 11.6 Å². The van der Waals surface area contributed by atoms with E-state index in [0.717, 1.165) is 10.9 Å². The summed E-state index contributed by atoms with van der Waals surface area (Å²) in [6.07, 6.45) is 1.68. The van der Waals surface area contributed by atoms with E-state index < -0.39 is 0 Å². The zero-order valence-electron chi connectivity index (χ0n) is 9.78. The van der Waals surface area contributed by atoms with Gasteiger partial charge in [0.1, 0.15) is 5.82 Å². The van der Waals surface area contributed by atoms with Crippen LogP contribution in [0.25, 0.3) is 10.9 Å². The molecule has 3 aromatic rings. The Hall–Kier alpha value is -1.94. The van der Waals surface area contributed by atoms with E-state index in [4.69, 9.17) is 0 Å². The van der Waals surface area contributed by atoms with Crippen molar-refractivity contribution >= 4 is 32.6 Å². The minimum atomic E-state index is -0.373. The van der Waals surface area contributed by atoms with Crippen LogP contribution in [0.1, 0.15) is 15.9 Å². The number of rotatable bonds is 2. The Morgan fingerprint density at radius 1 is 1.11 bits per heavy atom. The number of benzene rings is 2. The number of hydrogen-bond donors (Lipinski definition) is 1. The minimum absolute atomic E-state index is 0.135. The molecule has 0 fully saturated rings. The number of aromatic nitrogens is 1. The van der Waals surface area contributed by atoms with E-state index in [0.29, 0.717) is 15.6 Å². The predicted molar refractivity (Wildman–Crippen MR) is 75.8 cm³/mol. The van der Waals surface area contributed by atoms with Gasteiger partial charge in [-0.3, -0.25) is 4.79 Å². The summed E-state index contributed by atoms with van der Waals surface area (Å²) in [6, 6.07) is 11.6. The van der Waals surface area contributed by atoms with Gasteiger partial charge in [-0.15, -0.1) is 0 Å². The zero-order chi connectivity index (χ0) is 13.4. The largest absolute Gasteiger partial charge is 0.360 e. The quantitative estimate of drug-likeness (QED) is 0.702. The van der Waals surface area contributed by atoms with E-state index in [9.17, 15) is 9.18 Å². The van der Waals surface area contributed by atoms with Gasteiger partial charge in [0.25, 0.3) is 0 Å². The van der Waals surface area contributed by atoms with Crippen LogP contribution >= 0.6 is 15.9 Å². The molecule has 0 atom stereocenters. The average Bonchev–Trinajstić information content (AvgIpc) is 2.82. The van der Waals surface area contributed by atoms with Gasteiger partial charge in [-0.05, 0) is 40.2 Å². The number of para-hydroxylation sites is 1. The van der Waals surface area contributed by atoms with E-state index in [1.807, 2.05) is 24.3 Å². The fourth-order valence-corrected chi connectivity index (χ4v) is 2.61. The molecule has 0 aliphatic heterocycles. The molecule has 19 heavy (non-hydrogen) atoms. The lowest BCUT2D eigenvalue weighted by molar-refractivity contribution is 0.103. The number of ketones is 1. The molecule has 2 aromatic carbocycles. The summed E-state index contributed by atoms with van der Waals surface area (Å²) >= 11 is 3.23. The molecule has 0 spiro atoms. The van der Waals surface area contributed by atoms with Crippen molar-refractivity contribution in [3.63, 3.8) is 0 Å². The molecule has 0 aliphatic carbocycles. The van der Waals surface area contributed by atoms with Crippen molar-refractivity contribution in [2.75, 3.05) is 0 Å². The molecule has 1 heterocycles. The predicted octanol–water partition coefficient (Wildman–Crippen LogP) is 4.30. The van der Waals surface area contributed by atoms with Gasteiger partial charge in [-0.2, -0.15) is 0 Å². The molecule has 94 valence electrons. The van der Waals surface area contributed by atoms with Gasteiger partial charge in [-0.1, -0.05) is 18.2 Å².